The Labute approximate surface area is 158 Å². The van der Waals surface area contributed by atoms with Crippen LogP contribution in [0.5, 0.6) is 0 Å². The van der Waals surface area contributed by atoms with Gasteiger partial charge in [0, 0.05) is 0 Å². The summed E-state index contributed by atoms with van der Waals surface area (Å²) < 4.78 is 5.10. The van der Waals surface area contributed by atoms with Gasteiger partial charge in [-0.3, -0.25) is 9.59 Å². The van der Waals surface area contributed by atoms with Gasteiger partial charge in [0.25, 0.3) is 5.91 Å². The summed E-state index contributed by atoms with van der Waals surface area (Å²) in [6.07, 6.45) is 0.345. The van der Waals surface area contributed by atoms with E-state index < -0.39 is 35.5 Å². The highest BCUT2D eigenvalue weighted by molar-refractivity contribution is 6.23. The molecule has 0 spiro atoms. The van der Waals surface area contributed by atoms with E-state index in [0.717, 1.165) is 5.56 Å². The quantitative estimate of drug-likeness (QED) is 0.663. The molecule has 146 valence electrons. The van der Waals surface area contributed by atoms with Crippen molar-refractivity contribution in [3.8, 4) is 0 Å². The van der Waals surface area contributed by atoms with Gasteiger partial charge in [0.2, 0.25) is 0 Å². The van der Waals surface area contributed by atoms with Crippen LogP contribution in [0.15, 0.2) is 41.7 Å². The first-order valence-electron chi connectivity index (χ1n) is 8.90. The number of nitrogens with one attached hydrogen (secondary N) is 2. The molecule has 1 heterocycles. The van der Waals surface area contributed by atoms with Crippen molar-refractivity contribution < 1.29 is 24.2 Å². The molecular formula is C20H26N2O5. The molecular weight excluding hydrogens is 348 g/mol. The molecule has 1 aliphatic heterocycles. The van der Waals surface area contributed by atoms with E-state index in [9.17, 15) is 19.5 Å². The van der Waals surface area contributed by atoms with Gasteiger partial charge in [-0.2, -0.15) is 0 Å². The molecule has 0 saturated carbocycles. The van der Waals surface area contributed by atoms with Gasteiger partial charge in [0.1, 0.15) is 16.9 Å². The molecule has 1 aliphatic rings. The highest BCUT2D eigenvalue weighted by Crippen LogP contribution is 2.21. The van der Waals surface area contributed by atoms with E-state index in [-0.39, 0.29) is 11.3 Å². The van der Waals surface area contributed by atoms with Crippen LogP contribution in [0.4, 0.5) is 4.79 Å². The summed E-state index contributed by atoms with van der Waals surface area (Å²) in [6.45, 7) is 6.55. The van der Waals surface area contributed by atoms with Gasteiger partial charge in [-0.05, 0) is 46.1 Å². The Bertz CT molecular complexity index is 749. The number of hydrogen-bond donors (Lipinski definition) is 3. The summed E-state index contributed by atoms with van der Waals surface area (Å²) in [5.41, 5.74) is 0.0533. The lowest BCUT2D eigenvalue weighted by molar-refractivity contribution is -0.123. The van der Waals surface area contributed by atoms with Crippen LogP contribution < -0.4 is 10.6 Å². The average molecular weight is 374 g/mol. The molecule has 2 atom stereocenters. The van der Waals surface area contributed by atoms with Crippen LogP contribution in [0, 0.1) is 0 Å². The predicted molar refractivity (Wildman–Crippen MR) is 100 cm³/mol. The maximum absolute atomic E-state index is 12.5. The maximum atomic E-state index is 12.5. The van der Waals surface area contributed by atoms with Crippen LogP contribution in [0.3, 0.4) is 0 Å². The summed E-state index contributed by atoms with van der Waals surface area (Å²) in [6, 6.07) is 8.02. The lowest BCUT2D eigenvalue weighted by Crippen LogP contribution is -2.43. The van der Waals surface area contributed by atoms with E-state index in [4.69, 9.17) is 4.74 Å². The normalized spacial score (nSPS) is 18.1. The van der Waals surface area contributed by atoms with Crippen molar-refractivity contribution in [3.63, 3.8) is 0 Å². The fourth-order valence-electron chi connectivity index (χ4n) is 2.76. The Morgan fingerprint density at radius 1 is 1.26 bits per heavy atom. The van der Waals surface area contributed by atoms with E-state index >= 15 is 0 Å². The number of ketones is 1. The molecule has 2 unspecified atom stereocenters. The molecule has 0 bridgehead atoms. The minimum absolute atomic E-state index is 0.279. The Morgan fingerprint density at radius 2 is 1.89 bits per heavy atom. The number of benzene rings is 1. The molecule has 0 saturated heterocycles. The van der Waals surface area contributed by atoms with Gasteiger partial charge in [0.15, 0.2) is 5.78 Å². The number of ether oxygens (including phenoxy) is 1. The summed E-state index contributed by atoms with van der Waals surface area (Å²) >= 11 is 0. The zero-order valence-electron chi connectivity index (χ0n) is 16.0. The van der Waals surface area contributed by atoms with E-state index in [2.05, 4.69) is 10.6 Å². The number of carbonyl (C=O) groups excluding carboxylic acids is 3. The van der Waals surface area contributed by atoms with Crippen LogP contribution in [-0.2, 0) is 20.7 Å². The average Bonchev–Trinajstić information content (AvgIpc) is 2.85. The lowest BCUT2D eigenvalue weighted by atomic mass is 10.0. The number of carbonyl (C=O) groups is 3. The molecule has 0 fully saturated rings. The molecule has 7 heteroatoms. The Kier molecular flexibility index (Phi) is 6.25. The first-order valence-corrected chi connectivity index (χ1v) is 8.90. The minimum Gasteiger partial charge on any atom is -0.509 e. The summed E-state index contributed by atoms with van der Waals surface area (Å²) in [5, 5.41) is 15.4. The van der Waals surface area contributed by atoms with Gasteiger partial charge < -0.3 is 20.5 Å². The fraction of sp³-hybridized carbons (Fsp3) is 0.450. The second-order valence-corrected chi connectivity index (χ2v) is 7.54. The zero-order valence-corrected chi connectivity index (χ0v) is 16.0. The summed E-state index contributed by atoms with van der Waals surface area (Å²) in [5.74, 6) is -1.56. The molecule has 27 heavy (non-hydrogen) atoms. The largest absolute Gasteiger partial charge is 0.509 e. The van der Waals surface area contributed by atoms with Crippen molar-refractivity contribution in [1.29, 1.82) is 0 Å². The van der Waals surface area contributed by atoms with E-state index in [1.54, 1.807) is 20.8 Å². The third-order valence-corrected chi connectivity index (χ3v) is 4.06. The monoisotopic (exact) mass is 374 g/mol. The Morgan fingerprint density at radius 3 is 2.48 bits per heavy atom. The maximum Gasteiger partial charge on any atom is 0.408 e. The number of aryl methyl sites for hydroxylation is 1. The highest BCUT2D eigenvalue weighted by Gasteiger charge is 2.38. The van der Waals surface area contributed by atoms with Crippen molar-refractivity contribution in [2.75, 3.05) is 0 Å². The van der Waals surface area contributed by atoms with E-state index in [1.807, 2.05) is 30.3 Å². The summed E-state index contributed by atoms with van der Waals surface area (Å²) in [4.78, 5) is 36.5. The second-order valence-electron chi connectivity index (χ2n) is 7.54. The third kappa shape index (κ3) is 5.57. The molecule has 1 aromatic rings. The molecule has 7 nitrogen and oxygen atoms in total. The molecule has 3 N–H and O–H groups in total. The SMILES string of the molecule is CC(NC(=O)OC(C)(C)C)C(=O)C1=C(O)C(CCc2ccccc2)NC1=O. The van der Waals surface area contributed by atoms with Gasteiger partial charge in [-0.1, -0.05) is 30.3 Å². The Balaban J connectivity index is 2.02. The van der Waals surface area contributed by atoms with Crippen molar-refractivity contribution in [1.82, 2.24) is 10.6 Å². The number of Topliss-reactive ketones (excluding diaryl/α,β-unsaturated/α-hetero) is 1. The minimum atomic E-state index is -1.00. The topological polar surface area (TPSA) is 105 Å². The van der Waals surface area contributed by atoms with Crippen molar-refractivity contribution in [2.24, 2.45) is 0 Å². The first kappa shape index (κ1) is 20.5. The van der Waals surface area contributed by atoms with Gasteiger partial charge >= 0.3 is 6.09 Å². The number of amides is 2. The van der Waals surface area contributed by atoms with Crippen molar-refractivity contribution in [2.45, 2.75) is 58.2 Å². The summed E-state index contributed by atoms with van der Waals surface area (Å²) in [7, 11) is 0. The molecule has 0 radical (unpaired) electrons. The number of alkyl carbamates (subject to hydrolysis) is 1. The number of aliphatic hydroxyl groups excluding tert-OH is 1. The third-order valence-electron chi connectivity index (χ3n) is 4.06. The molecule has 1 aromatic carbocycles. The van der Waals surface area contributed by atoms with Gasteiger partial charge in [-0.25, -0.2) is 4.79 Å². The second kappa shape index (κ2) is 8.24. The lowest BCUT2D eigenvalue weighted by Gasteiger charge is -2.21. The van der Waals surface area contributed by atoms with E-state index in [0.29, 0.717) is 12.8 Å². The van der Waals surface area contributed by atoms with Crippen molar-refractivity contribution >= 4 is 17.8 Å². The number of hydrogen-bond acceptors (Lipinski definition) is 5. The number of aliphatic hydroxyl groups is 1. The molecule has 0 aliphatic carbocycles. The number of rotatable bonds is 6. The van der Waals surface area contributed by atoms with Gasteiger partial charge in [0.05, 0.1) is 12.1 Å². The highest BCUT2D eigenvalue weighted by atomic mass is 16.6. The van der Waals surface area contributed by atoms with Crippen LogP contribution in [0.1, 0.15) is 39.7 Å². The molecule has 0 aromatic heterocycles. The zero-order chi connectivity index (χ0) is 20.2. The first-order chi connectivity index (χ1) is 12.6. The fourth-order valence-corrected chi connectivity index (χ4v) is 2.76. The van der Waals surface area contributed by atoms with Crippen LogP contribution in [0.2, 0.25) is 0 Å². The Hall–Kier alpha value is -2.83. The van der Waals surface area contributed by atoms with Crippen LogP contribution in [-0.4, -0.2) is 40.6 Å². The smallest absolute Gasteiger partial charge is 0.408 e. The van der Waals surface area contributed by atoms with Crippen LogP contribution in [0.25, 0.3) is 0 Å². The standard InChI is InChI=1S/C20H26N2O5/c1-12(21-19(26)27-20(2,3)4)16(23)15-17(24)14(22-18(15)25)11-10-13-8-6-5-7-9-13/h5-9,12,14,24H,10-11H2,1-4H3,(H,21,26)(H,22,25). The van der Waals surface area contributed by atoms with Gasteiger partial charge in [-0.15, -0.1) is 0 Å². The predicted octanol–water partition coefficient (Wildman–Crippen LogP) is 2.41. The van der Waals surface area contributed by atoms with Crippen molar-refractivity contribution in [3.05, 3.63) is 47.2 Å². The van der Waals surface area contributed by atoms with E-state index in [1.165, 1.54) is 6.92 Å². The molecule has 2 rings (SSSR count). The molecule has 2 amide bonds. The van der Waals surface area contributed by atoms with Crippen LogP contribution >= 0.6 is 0 Å².